The van der Waals surface area contributed by atoms with Crippen LogP contribution in [0.5, 0.6) is 0 Å². The van der Waals surface area contributed by atoms with E-state index >= 15 is 0 Å². The van der Waals surface area contributed by atoms with Gasteiger partial charge in [0, 0.05) is 36.0 Å². The van der Waals surface area contributed by atoms with E-state index in [2.05, 4.69) is 12.6 Å². The number of fused-ring (bicyclic) bond motifs is 1. The second-order valence-electron chi connectivity index (χ2n) is 7.62. The van der Waals surface area contributed by atoms with E-state index in [-0.39, 0.29) is 13.0 Å². The van der Waals surface area contributed by atoms with Gasteiger partial charge in [-0.25, -0.2) is 4.98 Å². The molecule has 0 N–H and O–H groups in total. The molecule has 0 spiro atoms. The summed E-state index contributed by atoms with van der Waals surface area (Å²) >= 11 is 0. The van der Waals surface area contributed by atoms with Crippen LogP contribution in [0.1, 0.15) is 34.3 Å². The van der Waals surface area contributed by atoms with Gasteiger partial charge in [0.05, 0.1) is 23.0 Å². The maximum atomic E-state index is 12.8. The zero-order chi connectivity index (χ0) is 23.6. The highest BCUT2D eigenvalue weighted by Crippen LogP contribution is 2.37. The Bertz CT molecular complexity index is 1260. The van der Waals surface area contributed by atoms with E-state index < -0.39 is 12.6 Å². The Morgan fingerprint density at radius 2 is 1.73 bits per heavy atom. The Labute approximate surface area is 188 Å². The SMILES string of the molecule is C=C1C=C(c2ccc(C=O)cc2)N(CCCC(F)(F)F)c2nc(-c3ccc(C#N)cc3)cn21. The summed E-state index contributed by atoms with van der Waals surface area (Å²) in [6.07, 6.45) is -0.976. The van der Waals surface area contributed by atoms with Crippen LogP contribution in [0.15, 0.2) is 67.4 Å². The molecule has 3 aromatic rings. The zero-order valence-electron chi connectivity index (χ0n) is 17.5. The Morgan fingerprint density at radius 1 is 1.06 bits per heavy atom. The molecule has 8 heteroatoms. The first kappa shape index (κ1) is 22.1. The smallest absolute Gasteiger partial charge is 0.311 e. The van der Waals surface area contributed by atoms with Crippen LogP contribution in [0, 0.1) is 11.3 Å². The van der Waals surface area contributed by atoms with Gasteiger partial charge in [-0.3, -0.25) is 9.36 Å². The average Bonchev–Trinajstić information content (AvgIpc) is 3.26. The van der Waals surface area contributed by atoms with Gasteiger partial charge in [0.25, 0.3) is 0 Å². The molecule has 2 heterocycles. The van der Waals surface area contributed by atoms with Crippen molar-refractivity contribution in [3.8, 4) is 17.3 Å². The third-order valence-corrected chi connectivity index (χ3v) is 5.33. The first-order valence-corrected chi connectivity index (χ1v) is 10.2. The number of alkyl halides is 3. The second kappa shape index (κ2) is 8.79. The Kier molecular flexibility index (Phi) is 5.88. The molecule has 166 valence electrons. The number of halogens is 3. The number of anilines is 1. The fourth-order valence-electron chi connectivity index (χ4n) is 3.67. The summed E-state index contributed by atoms with van der Waals surface area (Å²) in [5.41, 5.74) is 4.41. The minimum atomic E-state index is -4.25. The largest absolute Gasteiger partial charge is 0.389 e. The number of carbonyl (C=O) groups excluding carboxylic acids is 1. The van der Waals surface area contributed by atoms with E-state index in [1.165, 1.54) is 0 Å². The van der Waals surface area contributed by atoms with Crippen LogP contribution in [0.3, 0.4) is 0 Å². The fraction of sp³-hybridized carbons (Fsp3) is 0.160. The van der Waals surface area contributed by atoms with Crippen LogP contribution in [0.2, 0.25) is 0 Å². The maximum absolute atomic E-state index is 12.8. The average molecular weight is 448 g/mol. The van der Waals surface area contributed by atoms with E-state index in [1.807, 2.05) is 0 Å². The molecule has 0 amide bonds. The molecule has 1 aromatic heterocycles. The summed E-state index contributed by atoms with van der Waals surface area (Å²) in [6, 6.07) is 15.8. The number of allylic oxidation sites excluding steroid dienone is 2. The molecule has 0 fully saturated rings. The number of aldehydes is 1. The van der Waals surface area contributed by atoms with Crippen LogP contribution < -0.4 is 4.90 Å². The number of nitrogens with zero attached hydrogens (tertiary/aromatic N) is 4. The van der Waals surface area contributed by atoms with Gasteiger partial charge < -0.3 is 4.90 Å². The number of imidazole rings is 1. The number of benzene rings is 2. The molecule has 0 saturated heterocycles. The topological polar surface area (TPSA) is 61.9 Å². The first-order chi connectivity index (χ1) is 15.8. The summed E-state index contributed by atoms with van der Waals surface area (Å²) < 4.78 is 40.2. The molecule has 0 radical (unpaired) electrons. The normalized spacial score (nSPS) is 13.3. The van der Waals surface area contributed by atoms with Crippen LogP contribution in [-0.2, 0) is 0 Å². The zero-order valence-corrected chi connectivity index (χ0v) is 17.5. The molecular weight excluding hydrogens is 429 g/mol. The minimum absolute atomic E-state index is 0.0951. The molecule has 0 saturated carbocycles. The summed E-state index contributed by atoms with van der Waals surface area (Å²) in [5.74, 6) is 0.457. The van der Waals surface area contributed by atoms with E-state index in [1.54, 1.807) is 70.3 Å². The van der Waals surface area contributed by atoms with Crippen LogP contribution in [0.25, 0.3) is 22.7 Å². The summed E-state index contributed by atoms with van der Waals surface area (Å²) in [4.78, 5) is 17.4. The number of hydrogen-bond donors (Lipinski definition) is 0. The Hall–Kier alpha value is -4.12. The molecule has 5 nitrogen and oxygen atoms in total. The molecule has 0 unspecified atom stereocenters. The minimum Gasteiger partial charge on any atom is -0.311 e. The summed E-state index contributed by atoms with van der Waals surface area (Å²) in [6.45, 7) is 4.19. The summed E-state index contributed by atoms with van der Waals surface area (Å²) in [5, 5.41) is 9.02. The summed E-state index contributed by atoms with van der Waals surface area (Å²) in [7, 11) is 0. The third kappa shape index (κ3) is 4.72. The van der Waals surface area contributed by atoms with Gasteiger partial charge >= 0.3 is 6.18 Å². The van der Waals surface area contributed by atoms with Crippen molar-refractivity contribution in [1.29, 1.82) is 5.26 Å². The number of hydrogen-bond acceptors (Lipinski definition) is 4. The lowest BCUT2D eigenvalue weighted by molar-refractivity contribution is -0.134. The van der Waals surface area contributed by atoms with E-state index in [0.717, 1.165) is 17.4 Å². The van der Waals surface area contributed by atoms with Gasteiger partial charge in [-0.05, 0) is 30.2 Å². The molecule has 0 aliphatic carbocycles. The van der Waals surface area contributed by atoms with Crippen molar-refractivity contribution in [3.05, 3.63) is 84.1 Å². The van der Waals surface area contributed by atoms with Gasteiger partial charge in [0.15, 0.2) is 0 Å². The lowest BCUT2D eigenvalue weighted by Crippen LogP contribution is -2.29. The van der Waals surface area contributed by atoms with Crippen molar-refractivity contribution in [1.82, 2.24) is 9.55 Å². The van der Waals surface area contributed by atoms with Gasteiger partial charge in [0.1, 0.15) is 6.29 Å². The highest BCUT2D eigenvalue weighted by Gasteiger charge is 2.30. The molecule has 4 rings (SSSR count). The molecular formula is C25H19F3N4O. The Morgan fingerprint density at radius 3 is 2.33 bits per heavy atom. The monoisotopic (exact) mass is 448 g/mol. The number of aromatic nitrogens is 2. The van der Waals surface area contributed by atoms with Gasteiger partial charge in [-0.2, -0.15) is 18.4 Å². The van der Waals surface area contributed by atoms with E-state index in [9.17, 15) is 18.0 Å². The number of nitriles is 1. The standard InChI is InChI=1S/C25H19F3N4O/c1-17-13-23(21-9-5-19(16-33)6-10-21)31(12-2-11-25(26,27)28)24-30-22(15-32(17)24)20-7-3-18(14-29)4-8-20/h3-10,13,15-16H,1-2,11-12H2. The number of rotatable bonds is 6. The quantitative estimate of drug-likeness (QED) is 0.440. The van der Waals surface area contributed by atoms with Crippen LogP contribution in [0.4, 0.5) is 19.1 Å². The van der Waals surface area contributed by atoms with Gasteiger partial charge in [-0.1, -0.05) is 43.0 Å². The molecule has 0 bridgehead atoms. The first-order valence-electron chi connectivity index (χ1n) is 10.2. The fourth-order valence-corrected chi connectivity index (χ4v) is 3.67. The lowest BCUT2D eigenvalue weighted by atomic mass is 10.1. The van der Waals surface area contributed by atoms with Crippen molar-refractivity contribution in [2.45, 2.75) is 19.0 Å². The van der Waals surface area contributed by atoms with Crippen molar-refractivity contribution < 1.29 is 18.0 Å². The lowest BCUT2D eigenvalue weighted by Gasteiger charge is -2.31. The molecule has 1 aliphatic rings. The predicted molar refractivity (Wildman–Crippen MR) is 120 cm³/mol. The van der Waals surface area contributed by atoms with Crippen molar-refractivity contribution in [2.75, 3.05) is 11.4 Å². The van der Waals surface area contributed by atoms with E-state index in [0.29, 0.717) is 34.2 Å². The Balaban J connectivity index is 1.73. The molecule has 33 heavy (non-hydrogen) atoms. The van der Waals surface area contributed by atoms with Crippen molar-refractivity contribution in [2.24, 2.45) is 0 Å². The molecule has 2 aromatic carbocycles. The van der Waals surface area contributed by atoms with Crippen LogP contribution >= 0.6 is 0 Å². The highest BCUT2D eigenvalue weighted by molar-refractivity contribution is 5.89. The predicted octanol–water partition coefficient (Wildman–Crippen LogP) is 5.91. The van der Waals surface area contributed by atoms with Gasteiger partial charge in [0.2, 0.25) is 5.95 Å². The second-order valence-corrected chi connectivity index (χ2v) is 7.62. The van der Waals surface area contributed by atoms with Crippen LogP contribution in [-0.4, -0.2) is 28.6 Å². The molecule has 0 atom stereocenters. The van der Waals surface area contributed by atoms with Gasteiger partial charge in [-0.15, -0.1) is 0 Å². The molecule has 1 aliphatic heterocycles. The van der Waals surface area contributed by atoms with E-state index in [4.69, 9.17) is 10.2 Å². The maximum Gasteiger partial charge on any atom is 0.389 e. The highest BCUT2D eigenvalue weighted by atomic mass is 19.4. The third-order valence-electron chi connectivity index (χ3n) is 5.33. The van der Waals surface area contributed by atoms with Crippen molar-refractivity contribution >= 4 is 23.6 Å². The van der Waals surface area contributed by atoms with Crippen molar-refractivity contribution in [3.63, 3.8) is 0 Å². The number of carbonyl (C=O) groups is 1.